The van der Waals surface area contributed by atoms with E-state index in [0.29, 0.717) is 5.91 Å². The van der Waals surface area contributed by atoms with E-state index in [1.807, 2.05) is 4.90 Å². The molecule has 1 amide bonds. The molecular formula is C10H18N2O. The molecule has 2 saturated heterocycles. The van der Waals surface area contributed by atoms with Crippen LogP contribution in [0, 0.1) is 5.92 Å². The van der Waals surface area contributed by atoms with Gasteiger partial charge in [0.05, 0.1) is 0 Å². The largest absolute Gasteiger partial charge is 0.343 e. The van der Waals surface area contributed by atoms with E-state index in [4.69, 9.17) is 0 Å². The van der Waals surface area contributed by atoms with E-state index in [2.05, 4.69) is 5.32 Å². The van der Waals surface area contributed by atoms with E-state index in [1.54, 1.807) is 0 Å². The predicted molar refractivity (Wildman–Crippen MR) is 51.4 cm³/mol. The fourth-order valence-electron chi connectivity index (χ4n) is 2.00. The molecule has 3 nitrogen and oxygen atoms in total. The number of likely N-dealkylation sites (tertiary alicyclic amines) is 1. The van der Waals surface area contributed by atoms with Crippen molar-refractivity contribution in [3.05, 3.63) is 0 Å². The Bertz CT molecular complexity index is 183. The minimum Gasteiger partial charge on any atom is -0.343 e. The van der Waals surface area contributed by atoms with Gasteiger partial charge in [-0.25, -0.2) is 0 Å². The van der Waals surface area contributed by atoms with Crippen molar-refractivity contribution in [1.82, 2.24) is 10.2 Å². The molecule has 2 rings (SSSR count). The van der Waals surface area contributed by atoms with Crippen LogP contribution in [0.2, 0.25) is 0 Å². The van der Waals surface area contributed by atoms with Gasteiger partial charge in [-0.05, 0) is 38.3 Å². The molecule has 0 saturated carbocycles. The summed E-state index contributed by atoms with van der Waals surface area (Å²) in [5, 5.41) is 3.23. The van der Waals surface area contributed by atoms with Crippen molar-refractivity contribution in [3.63, 3.8) is 0 Å². The van der Waals surface area contributed by atoms with Gasteiger partial charge in [0.25, 0.3) is 0 Å². The van der Waals surface area contributed by atoms with Gasteiger partial charge < -0.3 is 10.2 Å². The van der Waals surface area contributed by atoms with Gasteiger partial charge in [0, 0.05) is 19.5 Å². The Hall–Kier alpha value is -0.570. The molecule has 0 unspecified atom stereocenters. The second kappa shape index (κ2) is 4.09. The molecular weight excluding hydrogens is 164 g/mol. The van der Waals surface area contributed by atoms with E-state index in [-0.39, 0.29) is 0 Å². The van der Waals surface area contributed by atoms with Gasteiger partial charge in [-0.1, -0.05) is 0 Å². The number of hydrogen-bond acceptors (Lipinski definition) is 2. The molecule has 0 aromatic heterocycles. The smallest absolute Gasteiger partial charge is 0.222 e. The Morgan fingerprint density at radius 3 is 2.54 bits per heavy atom. The summed E-state index contributed by atoms with van der Waals surface area (Å²) in [7, 11) is 0. The fraction of sp³-hybridized carbons (Fsp3) is 0.900. The first kappa shape index (κ1) is 9.00. The molecule has 0 bridgehead atoms. The average Bonchev–Trinajstić information content (AvgIpc) is 2.52. The normalized spacial score (nSPS) is 23.2. The first-order valence-electron chi connectivity index (χ1n) is 5.35. The SMILES string of the molecule is O=C(CCC1CNC1)N1CCCC1. The Kier molecular flexibility index (Phi) is 2.83. The zero-order valence-electron chi connectivity index (χ0n) is 8.09. The number of carbonyl (C=O) groups excluding carboxylic acids is 1. The third kappa shape index (κ3) is 2.21. The van der Waals surface area contributed by atoms with E-state index in [1.165, 1.54) is 12.8 Å². The molecule has 1 N–H and O–H groups in total. The van der Waals surface area contributed by atoms with Gasteiger partial charge >= 0.3 is 0 Å². The maximum Gasteiger partial charge on any atom is 0.222 e. The third-order valence-electron chi connectivity index (χ3n) is 3.09. The third-order valence-corrected chi connectivity index (χ3v) is 3.09. The minimum atomic E-state index is 0.379. The number of rotatable bonds is 3. The first-order valence-corrected chi connectivity index (χ1v) is 5.35. The molecule has 0 aromatic rings. The number of hydrogen-bond donors (Lipinski definition) is 1. The summed E-state index contributed by atoms with van der Waals surface area (Å²) in [4.78, 5) is 13.6. The molecule has 0 atom stereocenters. The Labute approximate surface area is 79.5 Å². The minimum absolute atomic E-state index is 0.379. The van der Waals surface area contributed by atoms with Crippen molar-refractivity contribution in [1.29, 1.82) is 0 Å². The van der Waals surface area contributed by atoms with Crippen LogP contribution in [0.4, 0.5) is 0 Å². The lowest BCUT2D eigenvalue weighted by Crippen LogP contribution is -2.42. The Balaban J connectivity index is 1.65. The second-order valence-electron chi connectivity index (χ2n) is 4.15. The Morgan fingerprint density at radius 1 is 1.31 bits per heavy atom. The van der Waals surface area contributed by atoms with Crippen molar-refractivity contribution in [2.45, 2.75) is 25.7 Å². The van der Waals surface area contributed by atoms with E-state index < -0.39 is 0 Å². The Morgan fingerprint density at radius 2 is 2.00 bits per heavy atom. The van der Waals surface area contributed by atoms with E-state index in [0.717, 1.165) is 44.9 Å². The van der Waals surface area contributed by atoms with Crippen LogP contribution in [0.5, 0.6) is 0 Å². The van der Waals surface area contributed by atoms with Crippen LogP contribution < -0.4 is 5.32 Å². The van der Waals surface area contributed by atoms with Gasteiger partial charge in [0.2, 0.25) is 5.91 Å². The molecule has 0 radical (unpaired) electrons. The lowest BCUT2D eigenvalue weighted by atomic mass is 9.97. The fourth-order valence-corrected chi connectivity index (χ4v) is 2.00. The maximum atomic E-state index is 11.6. The molecule has 13 heavy (non-hydrogen) atoms. The second-order valence-corrected chi connectivity index (χ2v) is 4.15. The van der Waals surface area contributed by atoms with Gasteiger partial charge in [0.1, 0.15) is 0 Å². The molecule has 2 heterocycles. The molecule has 0 spiro atoms. The summed E-state index contributed by atoms with van der Waals surface area (Å²) in [6.07, 6.45) is 4.27. The quantitative estimate of drug-likeness (QED) is 0.693. The van der Waals surface area contributed by atoms with Crippen LogP contribution in [-0.4, -0.2) is 37.0 Å². The number of nitrogens with zero attached hydrogens (tertiary/aromatic N) is 1. The van der Waals surface area contributed by atoms with Gasteiger partial charge in [-0.3, -0.25) is 4.79 Å². The van der Waals surface area contributed by atoms with Gasteiger partial charge in [-0.2, -0.15) is 0 Å². The average molecular weight is 182 g/mol. The van der Waals surface area contributed by atoms with Crippen molar-refractivity contribution in [2.24, 2.45) is 5.92 Å². The van der Waals surface area contributed by atoms with E-state index in [9.17, 15) is 4.79 Å². The molecule has 3 heteroatoms. The monoisotopic (exact) mass is 182 g/mol. The molecule has 74 valence electrons. The highest BCUT2D eigenvalue weighted by molar-refractivity contribution is 5.76. The van der Waals surface area contributed by atoms with Crippen LogP contribution in [0.25, 0.3) is 0 Å². The number of nitrogens with one attached hydrogen (secondary N) is 1. The van der Waals surface area contributed by atoms with E-state index >= 15 is 0 Å². The van der Waals surface area contributed by atoms with Crippen LogP contribution in [0.1, 0.15) is 25.7 Å². The number of amides is 1. The van der Waals surface area contributed by atoms with Crippen LogP contribution in [0.3, 0.4) is 0 Å². The van der Waals surface area contributed by atoms with Crippen LogP contribution >= 0.6 is 0 Å². The zero-order chi connectivity index (χ0) is 9.10. The molecule has 2 aliphatic heterocycles. The van der Waals surface area contributed by atoms with Gasteiger partial charge in [-0.15, -0.1) is 0 Å². The topological polar surface area (TPSA) is 32.3 Å². The molecule has 2 aliphatic rings. The van der Waals surface area contributed by atoms with Crippen molar-refractivity contribution < 1.29 is 4.79 Å². The summed E-state index contributed by atoms with van der Waals surface area (Å²) in [6.45, 7) is 4.24. The highest BCUT2D eigenvalue weighted by atomic mass is 16.2. The summed E-state index contributed by atoms with van der Waals surface area (Å²) >= 11 is 0. The highest BCUT2D eigenvalue weighted by Crippen LogP contribution is 2.14. The highest BCUT2D eigenvalue weighted by Gasteiger charge is 2.21. The molecule has 0 aromatic carbocycles. The number of carbonyl (C=O) groups is 1. The van der Waals surface area contributed by atoms with Crippen LogP contribution in [0.15, 0.2) is 0 Å². The lowest BCUT2D eigenvalue weighted by Gasteiger charge is -2.27. The van der Waals surface area contributed by atoms with Gasteiger partial charge in [0.15, 0.2) is 0 Å². The lowest BCUT2D eigenvalue weighted by molar-refractivity contribution is -0.130. The van der Waals surface area contributed by atoms with Crippen molar-refractivity contribution in [2.75, 3.05) is 26.2 Å². The summed E-state index contributed by atoms with van der Waals surface area (Å²) < 4.78 is 0. The maximum absolute atomic E-state index is 11.6. The summed E-state index contributed by atoms with van der Waals surface area (Å²) in [5.74, 6) is 1.15. The van der Waals surface area contributed by atoms with Crippen LogP contribution in [-0.2, 0) is 4.79 Å². The van der Waals surface area contributed by atoms with Crippen molar-refractivity contribution >= 4 is 5.91 Å². The summed E-state index contributed by atoms with van der Waals surface area (Å²) in [6, 6.07) is 0. The standard InChI is InChI=1S/C10H18N2O/c13-10(12-5-1-2-6-12)4-3-9-7-11-8-9/h9,11H,1-8H2. The zero-order valence-corrected chi connectivity index (χ0v) is 8.09. The van der Waals surface area contributed by atoms with Crippen molar-refractivity contribution in [3.8, 4) is 0 Å². The summed E-state index contributed by atoms with van der Waals surface area (Å²) in [5.41, 5.74) is 0. The first-order chi connectivity index (χ1) is 6.36. The molecule has 0 aliphatic carbocycles. The molecule has 2 fully saturated rings. The predicted octanol–water partition coefficient (Wildman–Crippen LogP) is 0.608.